The molecule has 0 radical (unpaired) electrons. The van der Waals surface area contributed by atoms with Crippen LogP contribution >= 0.6 is 24.0 Å². The van der Waals surface area contributed by atoms with E-state index in [9.17, 15) is 4.79 Å². The van der Waals surface area contributed by atoms with E-state index in [1.54, 1.807) is 6.07 Å². The predicted octanol–water partition coefficient (Wildman–Crippen LogP) is 3.04. The second-order valence-corrected chi connectivity index (χ2v) is 5.96. The summed E-state index contributed by atoms with van der Waals surface area (Å²) in [6.07, 6.45) is 3.31. The van der Waals surface area contributed by atoms with Gasteiger partial charge in [-0.2, -0.15) is 0 Å². The molecule has 1 aromatic carbocycles. The summed E-state index contributed by atoms with van der Waals surface area (Å²) < 4.78 is 0. The maximum absolute atomic E-state index is 12.7. The highest BCUT2D eigenvalue weighted by molar-refractivity contribution is 6.31. The third-order valence-corrected chi connectivity index (χ3v) is 4.71. The minimum atomic E-state index is 0. The Bertz CT molecular complexity index is 493. The van der Waals surface area contributed by atoms with E-state index in [4.69, 9.17) is 11.6 Å². The monoisotopic (exact) mass is 314 g/mol. The number of hydrogen-bond donors (Lipinski definition) is 1. The molecule has 2 aliphatic heterocycles. The second kappa shape index (κ2) is 6.33. The quantitative estimate of drug-likeness (QED) is 0.864. The van der Waals surface area contributed by atoms with E-state index in [1.807, 2.05) is 19.1 Å². The average molecular weight is 315 g/mol. The van der Waals surface area contributed by atoms with Crippen LogP contribution in [0, 0.1) is 6.92 Å². The number of fused-ring (bicyclic) bond motifs is 2. The lowest BCUT2D eigenvalue weighted by Crippen LogP contribution is -2.42. The highest BCUT2D eigenvalue weighted by Gasteiger charge is 2.38. The third-order valence-electron chi connectivity index (χ3n) is 4.31. The fraction of sp³-hybridized carbons (Fsp3) is 0.533. The van der Waals surface area contributed by atoms with E-state index < -0.39 is 0 Å². The van der Waals surface area contributed by atoms with Crippen molar-refractivity contribution >= 4 is 29.9 Å². The molecule has 0 aliphatic carbocycles. The van der Waals surface area contributed by atoms with Crippen molar-refractivity contribution in [3.8, 4) is 0 Å². The first-order valence-electron chi connectivity index (χ1n) is 6.96. The highest BCUT2D eigenvalue weighted by atomic mass is 35.5. The van der Waals surface area contributed by atoms with Crippen LogP contribution in [0.1, 0.15) is 35.2 Å². The van der Waals surface area contributed by atoms with Crippen LogP contribution in [0.3, 0.4) is 0 Å². The second-order valence-electron chi connectivity index (χ2n) is 5.55. The molecule has 5 heteroatoms. The number of rotatable bonds is 1. The van der Waals surface area contributed by atoms with E-state index in [1.165, 1.54) is 0 Å². The Morgan fingerprint density at radius 1 is 1.30 bits per heavy atom. The standard InChI is InChI=1S/C15H19ClN2O.ClH/c1-10-2-3-11(8-14(10)16)15(19)18-12-4-5-13(18)9-17-7-6-12;/h2-3,8,12-13,17H,4-7,9H2,1H3;1H. The van der Waals surface area contributed by atoms with Gasteiger partial charge in [0.05, 0.1) is 0 Å². The maximum Gasteiger partial charge on any atom is 0.254 e. The van der Waals surface area contributed by atoms with Crippen LogP contribution < -0.4 is 5.32 Å². The van der Waals surface area contributed by atoms with Crippen molar-refractivity contribution in [3.05, 3.63) is 34.3 Å². The molecule has 3 nitrogen and oxygen atoms in total. The van der Waals surface area contributed by atoms with E-state index in [-0.39, 0.29) is 18.3 Å². The van der Waals surface area contributed by atoms with Crippen LogP contribution in [-0.4, -0.2) is 36.0 Å². The molecule has 2 aliphatic rings. The van der Waals surface area contributed by atoms with Gasteiger partial charge in [-0.1, -0.05) is 17.7 Å². The normalized spacial score (nSPS) is 25.0. The molecule has 2 unspecified atom stereocenters. The number of nitrogens with zero attached hydrogens (tertiary/aromatic N) is 1. The third kappa shape index (κ3) is 2.80. The molecular weight excluding hydrogens is 295 g/mol. The summed E-state index contributed by atoms with van der Waals surface area (Å²) in [7, 11) is 0. The van der Waals surface area contributed by atoms with Gasteiger partial charge >= 0.3 is 0 Å². The van der Waals surface area contributed by atoms with E-state index in [2.05, 4.69) is 10.2 Å². The summed E-state index contributed by atoms with van der Waals surface area (Å²) in [4.78, 5) is 14.8. The van der Waals surface area contributed by atoms with Crippen molar-refractivity contribution in [3.63, 3.8) is 0 Å². The van der Waals surface area contributed by atoms with Gasteiger partial charge in [0.15, 0.2) is 0 Å². The molecule has 20 heavy (non-hydrogen) atoms. The van der Waals surface area contributed by atoms with Gasteiger partial charge < -0.3 is 10.2 Å². The molecule has 1 amide bonds. The first-order chi connectivity index (χ1) is 9.16. The largest absolute Gasteiger partial charge is 0.331 e. The lowest BCUT2D eigenvalue weighted by Gasteiger charge is -2.28. The smallest absolute Gasteiger partial charge is 0.254 e. The highest BCUT2D eigenvalue weighted by Crippen LogP contribution is 2.30. The molecule has 0 spiro atoms. The van der Waals surface area contributed by atoms with E-state index in [0.717, 1.165) is 43.5 Å². The number of aryl methyl sites for hydroxylation is 1. The summed E-state index contributed by atoms with van der Waals surface area (Å²) in [5, 5.41) is 4.09. The minimum absolute atomic E-state index is 0. The number of nitrogens with one attached hydrogen (secondary N) is 1. The molecule has 110 valence electrons. The van der Waals surface area contributed by atoms with E-state index >= 15 is 0 Å². The first kappa shape index (κ1) is 15.6. The van der Waals surface area contributed by atoms with Crippen LogP contribution in [0.25, 0.3) is 0 Å². The zero-order valence-corrected chi connectivity index (χ0v) is 13.1. The van der Waals surface area contributed by atoms with Gasteiger partial charge in [0.1, 0.15) is 0 Å². The Balaban J connectivity index is 0.00000147. The van der Waals surface area contributed by atoms with Gasteiger partial charge in [0.2, 0.25) is 0 Å². The first-order valence-corrected chi connectivity index (χ1v) is 7.34. The lowest BCUT2D eigenvalue weighted by atomic mass is 10.1. The number of amides is 1. The van der Waals surface area contributed by atoms with Gasteiger partial charge in [-0.05, 0) is 50.4 Å². The number of halogens is 2. The molecule has 3 rings (SSSR count). The number of benzene rings is 1. The molecule has 2 bridgehead atoms. The van der Waals surface area contributed by atoms with Gasteiger partial charge in [-0.25, -0.2) is 0 Å². The lowest BCUT2D eigenvalue weighted by molar-refractivity contribution is 0.0680. The summed E-state index contributed by atoms with van der Waals surface area (Å²) in [5.74, 6) is 0.137. The summed E-state index contributed by atoms with van der Waals surface area (Å²) in [6, 6.07) is 6.36. The Morgan fingerprint density at radius 3 is 2.80 bits per heavy atom. The minimum Gasteiger partial charge on any atom is -0.331 e. The van der Waals surface area contributed by atoms with Crippen molar-refractivity contribution in [2.24, 2.45) is 0 Å². The Hall–Kier alpha value is -0.770. The number of carbonyl (C=O) groups is 1. The van der Waals surface area contributed by atoms with Crippen LogP contribution in [0.4, 0.5) is 0 Å². The molecular formula is C15H20Cl2N2O. The van der Waals surface area contributed by atoms with Crippen LogP contribution in [0.15, 0.2) is 18.2 Å². The molecule has 2 saturated heterocycles. The Kier molecular flexibility index (Phi) is 4.95. The summed E-state index contributed by atoms with van der Waals surface area (Å²) >= 11 is 6.13. The van der Waals surface area contributed by atoms with Crippen molar-refractivity contribution in [1.29, 1.82) is 0 Å². The van der Waals surface area contributed by atoms with Crippen LogP contribution in [0.2, 0.25) is 5.02 Å². The van der Waals surface area contributed by atoms with Gasteiger partial charge in [0.25, 0.3) is 5.91 Å². The fourth-order valence-corrected chi connectivity index (χ4v) is 3.37. The van der Waals surface area contributed by atoms with Crippen LogP contribution in [-0.2, 0) is 0 Å². The van der Waals surface area contributed by atoms with E-state index in [0.29, 0.717) is 17.1 Å². The SMILES string of the molecule is Cc1ccc(C(=O)N2C3CCNCC2CC3)cc1Cl.Cl. The molecule has 1 aromatic rings. The zero-order chi connectivity index (χ0) is 13.4. The summed E-state index contributed by atoms with van der Waals surface area (Å²) in [6.45, 7) is 3.89. The topological polar surface area (TPSA) is 32.3 Å². The predicted molar refractivity (Wildman–Crippen MR) is 83.9 cm³/mol. The molecule has 0 saturated carbocycles. The molecule has 2 heterocycles. The maximum atomic E-state index is 12.7. The number of hydrogen-bond acceptors (Lipinski definition) is 2. The Morgan fingerprint density at radius 2 is 2.05 bits per heavy atom. The van der Waals surface area contributed by atoms with Crippen molar-refractivity contribution in [2.75, 3.05) is 13.1 Å². The van der Waals surface area contributed by atoms with Crippen LogP contribution in [0.5, 0.6) is 0 Å². The average Bonchev–Trinajstić information content (AvgIpc) is 2.65. The zero-order valence-electron chi connectivity index (χ0n) is 11.6. The van der Waals surface area contributed by atoms with Crippen molar-refractivity contribution < 1.29 is 4.79 Å². The van der Waals surface area contributed by atoms with Gasteiger partial charge in [-0.3, -0.25) is 4.79 Å². The molecule has 2 fully saturated rings. The molecule has 2 atom stereocenters. The fourth-order valence-electron chi connectivity index (χ4n) is 3.19. The Labute approximate surface area is 131 Å². The molecule has 1 N–H and O–H groups in total. The number of carbonyl (C=O) groups excluding carboxylic acids is 1. The van der Waals surface area contributed by atoms with Crippen molar-refractivity contribution in [1.82, 2.24) is 10.2 Å². The van der Waals surface area contributed by atoms with Gasteiger partial charge in [-0.15, -0.1) is 12.4 Å². The molecule has 0 aromatic heterocycles. The van der Waals surface area contributed by atoms with Gasteiger partial charge in [0, 0.05) is 29.2 Å². The van der Waals surface area contributed by atoms with Crippen molar-refractivity contribution in [2.45, 2.75) is 38.3 Å². The summed E-state index contributed by atoms with van der Waals surface area (Å²) in [5.41, 5.74) is 1.73.